The van der Waals surface area contributed by atoms with Crippen LogP contribution in [-0.2, 0) is 4.79 Å². The highest BCUT2D eigenvalue weighted by Crippen LogP contribution is 2.65. The molecule has 0 radical (unpaired) electrons. The molecule has 6 rings (SSSR count). The molecule has 1 heterocycles. The van der Waals surface area contributed by atoms with E-state index < -0.39 is 5.92 Å². The van der Waals surface area contributed by atoms with Crippen molar-refractivity contribution in [1.29, 1.82) is 5.26 Å². The van der Waals surface area contributed by atoms with Crippen molar-refractivity contribution in [2.24, 2.45) is 17.3 Å². The van der Waals surface area contributed by atoms with Gasteiger partial charge in [-0.3, -0.25) is 4.79 Å². The van der Waals surface area contributed by atoms with Gasteiger partial charge in [0.1, 0.15) is 5.82 Å². The number of hydrogen-bond acceptors (Lipinski definition) is 3. The Morgan fingerprint density at radius 2 is 2.04 bits per heavy atom. The number of fused-ring (bicyclic) bond motifs is 1. The van der Waals surface area contributed by atoms with E-state index in [1.807, 2.05) is 24.3 Å². The van der Waals surface area contributed by atoms with E-state index in [-0.39, 0.29) is 15.5 Å². The molecule has 1 N–H and O–H groups in total. The van der Waals surface area contributed by atoms with Crippen molar-refractivity contribution in [3.05, 3.63) is 30.1 Å². The molecule has 2 aromatic rings. The third-order valence-corrected chi connectivity index (χ3v) is 7.72. The Kier molecular flexibility index (Phi) is 3.59. The lowest BCUT2D eigenvalue weighted by Gasteiger charge is -2.60. The first-order valence-corrected chi connectivity index (χ1v) is 10.3. The van der Waals surface area contributed by atoms with E-state index in [1.165, 1.54) is 19.3 Å². The fourth-order valence-corrected chi connectivity index (χ4v) is 7.92. The van der Waals surface area contributed by atoms with Crippen LogP contribution in [0.2, 0.25) is 0 Å². The van der Waals surface area contributed by atoms with E-state index in [2.05, 4.69) is 32.0 Å². The number of ketones is 1. The normalized spacial score (nSPS) is 36.2. The average molecular weight is 412 g/mol. The molecule has 1 aromatic heterocycles. The molecule has 0 unspecified atom stereocenters. The smallest absolute Gasteiger partial charge is 0.162 e. The fraction of sp³-hybridized carbons (Fsp3) is 0.571. The topological polar surface area (TPSA) is 69.5 Å². The molecule has 4 aliphatic carbocycles. The van der Waals surface area contributed by atoms with Crippen LogP contribution in [0.1, 0.15) is 56.7 Å². The maximum Gasteiger partial charge on any atom is 0.162 e. The largest absolute Gasteiger partial charge is 0.340 e. The van der Waals surface area contributed by atoms with Crippen molar-refractivity contribution in [3.8, 4) is 6.07 Å². The minimum atomic E-state index is -0.790. The van der Waals surface area contributed by atoms with Gasteiger partial charge in [-0.05, 0) is 67.9 Å². The molecule has 0 amide bonds. The lowest BCUT2D eigenvalue weighted by molar-refractivity contribution is -0.126. The number of hydrogen-bond donors (Lipinski definition) is 1. The molecule has 0 spiro atoms. The SMILES string of the molecule is N#C[C@H](C(=O)CC12C[C@H]3C[C@@H](CC(Br)(C3)C1)C2)c1nc2ccccc2[nH]1. The highest BCUT2D eigenvalue weighted by atomic mass is 79.9. The first kappa shape index (κ1) is 16.5. The summed E-state index contributed by atoms with van der Waals surface area (Å²) in [5.41, 5.74) is 1.78. The van der Waals surface area contributed by atoms with Gasteiger partial charge in [-0.25, -0.2) is 4.98 Å². The third-order valence-electron chi connectivity index (χ3n) is 6.79. The van der Waals surface area contributed by atoms with Crippen LogP contribution in [0.15, 0.2) is 24.3 Å². The van der Waals surface area contributed by atoms with Gasteiger partial charge in [-0.2, -0.15) is 5.26 Å². The number of nitrogens with zero attached hydrogens (tertiary/aromatic N) is 2. The van der Waals surface area contributed by atoms with Gasteiger partial charge in [0.05, 0.1) is 17.1 Å². The van der Waals surface area contributed by atoms with E-state index in [0.29, 0.717) is 12.2 Å². The molecular weight excluding hydrogens is 390 g/mol. The molecule has 4 aliphatic rings. The maximum atomic E-state index is 13.1. The number of Topliss-reactive ketones (excluding diaryl/α,β-unsaturated/α-hetero) is 1. The van der Waals surface area contributed by atoms with Crippen LogP contribution in [0, 0.1) is 28.6 Å². The van der Waals surface area contributed by atoms with E-state index >= 15 is 0 Å². The number of alkyl halides is 1. The third kappa shape index (κ3) is 2.62. The van der Waals surface area contributed by atoms with Crippen LogP contribution in [-0.4, -0.2) is 20.1 Å². The highest BCUT2D eigenvalue weighted by molar-refractivity contribution is 9.10. The number of aromatic nitrogens is 2. The standard InChI is InChI=1S/C21H22BrN3O/c22-21-8-13-5-14(9-21)7-20(6-13,12-21)10-18(26)15(11-23)19-24-16-3-1-2-4-17(16)25-19/h1-4,13-15H,5-10,12H2,(H,24,25)/t13-,14-,15-,20?,21?/m1/s1. The van der Waals surface area contributed by atoms with Gasteiger partial charge in [-0.1, -0.05) is 28.1 Å². The number of nitriles is 1. The van der Waals surface area contributed by atoms with Gasteiger partial charge in [0, 0.05) is 10.7 Å². The Morgan fingerprint density at radius 3 is 2.69 bits per heavy atom. The van der Waals surface area contributed by atoms with Crippen LogP contribution < -0.4 is 0 Å². The summed E-state index contributed by atoms with van der Waals surface area (Å²) in [5, 5.41) is 9.70. The van der Waals surface area contributed by atoms with Crippen molar-refractivity contribution >= 4 is 32.7 Å². The van der Waals surface area contributed by atoms with Crippen molar-refractivity contribution in [2.75, 3.05) is 0 Å². The van der Waals surface area contributed by atoms with Crippen LogP contribution in [0.5, 0.6) is 0 Å². The molecule has 4 saturated carbocycles. The van der Waals surface area contributed by atoms with Gasteiger partial charge in [-0.15, -0.1) is 0 Å². The van der Waals surface area contributed by atoms with E-state index in [1.54, 1.807) is 0 Å². The average Bonchev–Trinajstić information content (AvgIpc) is 2.96. The van der Waals surface area contributed by atoms with Crippen molar-refractivity contribution in [1.82, 2.24) is 9.97 Å². The van der Waals surface area contributed by atoms with E-state index in [0.717, 1.165) is 42.1 Å². The van der Waals surface area contributed by atoms with Crippen molar-refractivity contribution in [2.45, 2.75) is 55.2 Å². The first-order valence-electron chi connectivity index (χ1n) is 9.54. The maximum absolute atomic E-state index is 13.1. The monoisotopic (exact) mass is 411 g/mol. The van der Waals surface area contributed by atoms with E-state index in [9.17, 15) is 10.1 Å². The first-order chi connectivity index (χ1) is 12.5. The second kappa shape index (κ2) is 5.66. The van der Waals surface area contributed by atoms with Gasteiger partial charge in [0.25, 0.3) is 0 Å². The Hall–Kier alpha value is -1.67. The summed E-state index contributed by atoms with van der Waals surface area (Å²) in [6, 6.07) is 9.90. The summed E-state index contributed by atoms with van der Waals surface area (Å²) in [7, 11) is 0. The Labute approximate surface area is 161 Å². The number of carbonyl (C=O) groups is 1. The quantitative estimate of drug-likeness (QED) is 0.729. The zero-order valence-corrected chi connectivity index (χ0v) is 16.3. The summed E-state index contributed by atoms with van der Waals surface area (Å²) in [4.78, 5) is 20.8. The van der Waals surface area contributed by atoms with Crippen molar-refractivity contribution < 1.29 is 4.79 Å². The molecule has 0 saturated heterocycles. The number of halogens is 1. The van der Waals surface area contributed by atoms with Crippen LogP contribution in [0.3, 0.4) is 0 Å². The predicted octanol–water partition coefficient (Wildman–Crippen LogP) is 4.86. The lowest BCUT2D eigenvalue weighted by atomic mass is 9.48. The minimum Gasteiger partial charge on any atom is -0.340 e. The van der Waals surface area contributed by atoms with Gasteiger partial charge >= 0.3 is 0 Å². The Morgan fingerprint density at radius 1 is 1.31 bits per heavy atom. The number of rotatable bonds is 4. The number of carbonyl (C=O) groups excluding carboxylic acids is 1. The Balaban J connectivity index is 1.41. The number of H-pyrrole nitrogens is 1. The molecule has 134 valence electrons. The van der Waals surface area contributed by atoms with Crippen molar-refractivity contribution in [3.63, 3.8) is 0 Å². The van der Waals surface area contributed by atoms with E-state index in [4.69, 9.17) is 0 Å². The molecule has 1 aromatic carbocycles. The summed E-state index contributed by atoms with van der Waals surface area (Å²) >= 11 is 4.01. The van der Waals surface area contributed by atoms with Gasteiger partial charge in [0.15, 0.2) is 11.7 Å². The molecule has 3 atom stereocenters. The van der Waals surface area contributed by atoms with Crippen LogP contribution >= 0.6 is 15.9 Å². The number of benzene rings is 1. The second-order valence-electron chi connectivity index (χ2n) is 8.96. The van der Waals surface area contributed by atoms with Crippen LogP contribution in [0.25, 0.3) is 11.0 Å². The zero-order valence-electron chi connectivity index (χ0n) is 14.7. The van der Waals surface area contributed by atoms with Crippen LogP contribution in [0.4, 0.5) is 0 Å². The summed E-state index contributed by atoms with van der Waals surface area (Å²) in [5.74, 6) is 1.23. The molecule has 0 aliphatic heterocycles. The molecular formula is C21H22BrN3O. The number of nitrogens with one attached hydrogen (secondary N) is 1. The molecule has 26 heavy (non-hydrogen) atoms. The van der Waals surface area contributed by atoms with Gasteiger partial charge in [0.2, 0.25) is 0 Å². The van der Waals surface area contributed by atoms with Gasteiger partial charge < -0.3 is 4.98 Å². The number of aromatic amines is 1. The number of imidazole rings is 1. The molecule has 4 bridgehead atoms. The molecule has 5 heteroatoms. The Bertz CT molecular complexity index is 880. The predicted molar refractivity (Wildman–Crippen MR) is 103 cm³/mol. The minimum absolute atomic E-state index is 0.0320. The summed E-state index contributed by atoms with van der Waals surface area (Å²) in [6.07, 6.45) is 7.74. The fourth-order valence-electron chi connectivity index (χ4n) is 6.41. The second-order valence-corrected chi connectivity index (χ2v) is 10.6. The summed E-state index contributed by atoms with van der Waals surface area (Å²) in [6.45, 7) is 0. The zero-order chi connectivity index (χ0) is 17.9. The lowest BCUT2D eigenvalue weighted by Crippen LogP contribution is -2.53. The number of para-hydroxylation sites is 2. The highest BCUT2D eigenvalue weighted by Gasteiger charge is 2.57. The summed E-state index contributed by atoms with van der Waals surface area (Å²) < 4.78 is 0.235. The molecule has 4 nitrogen and oxygen atoms in total. The molecule has 4 fully saturated rings.